The standard InChI is InChI=1S/C21H18Cl2N4O2/c1-11-3-8-16(15(23)9-11)24-18(28)10-17-21(29)25-20-19(12(2)26-27(17)20)13-4-6-14(22)7-5-13/h3-9,17H,10H2,1-2H3,(H,24,28)(H,25,29). The summed E-state index contributed by atoms with van der Waals surface area (Å²) in [6.07, 6.45) is -0.0514. The summed E-state index contributed by atoms with van der Waals surface area (Å²) in [4.78, 5) is 25.1. The summed E-state index contributed by atoms with van der Waals surface area (Å²) in [6, 6.07) is 12.0. The Labute approximate surface area is 177 Å². The Hall–Kier alpha value is -2.83. The van der Waals surface area contributed by atoms with Gasteiger partial charge in [0, 0.05) is 10.6 Å². The van der Waals surface area contributed by atoms with Crippen LogP contribution in [0.25, 0.3) is 11.1 Å². The average Bonchev–Trinajstić information content (AvgIpc) is 3.13. The highest BCUT2D eigenvalue weighted by Crippen LogP contribution is 2.38. The number of nitrogens with zero attached hydrogens (tertiary/aromatic N) is 2. The molecule has 29 heavy (non-hydrogen) atoms. The van der Waals surface area contributed by atoms with Gasteiger partial charge < -0.3 is 10.6 Å². The number of anilines is 2. The Morgan fingerprint density at radius 3 is 2.59 bits per heavy atom. The predicted molar refractivity (Wildman–Crippen MR) is 115 cm³/mol. The molecular weight excluding hydrogens is 411 g/mol. The first-order chi connectivity index (χ1) is 13.8. The number of halogens is 2. The largest absolute Gasteiger partial charge is 0.325 e. The SMILES string of the molecule is Cc1ccc(NC(=O)CC2C(=O)Nc3c(-c4ccc(Cl)cc4)c(C)nn32)c(Cl)c1. The van der Waals surface area contributed by atoms with Crippen LogP contribution in [-0.4, -0.2) is 21.6 Å². The number of nitrogens with one attached hydrogen (secondary N) is 2. The van der Waals surface area contributed by atoms with Crippen molar-refractivity contribution in [3.05, 3.63) is 63.8 Å². The minimum absolute atomic E-state index is 0.0514. The van der Waals surface area contributed by atoms with E-state index in [4.69, 9.17) is 23.2 Å². The second-order valence-corrected chi connectivity index (χ2v) is 7.84. The van der Waals surface area contributed by atoms with Crippen molar-refractivity contribution in [1.29, 1.82) is 0 Å². The van der Waals surface area contributed by atoms with Gasteiger partial charge in [-0.15, -0.1) is 0 Å². The van der Waals surface area contributed by atoms with E-state index in [1.54, 1.807) is 28.9 Å². The van der Waals surface area contributed by atoms with E-state index in [2.05, 4.69) is 15.7 Å². The van der Waals surface area contributed by atoms with Crippen molar-refractivity contribution in [3.63, 3.8) is 0 Å². The molecule has 8 heteroatoms. The number of aromatic nitrogens is 2. The van der Waals surface area contributed by atoms with Gasteiger partial charge in [-0.1, -0.05) is 41.4 Å². The van der Waals surface area contributed by atoms with Crippen LogP contribution in [0.5, 0.6) is 0 Å². The maximum atomic E-state index is 12.6. The van der Waals surface area contributed by atoms with Crippen LogP contribution < -0.4 is 10.6 Å². The van der Waals surface area contributed by atoms with Gasteiger partial charge in [0.05, 0.1) is 22.8 Å². The number of carbonyl (C=O) groups excluding carboxylic acids is 2. The summed E-state index contributed by atoms with van der Waals surface area (Å²) >= 11 is 12.2. The van der Waals surface area contributed by atoms with Crippen molar-refractivity contribution in [2.75, 3.05) is 10.6 Å². The van der Waals surface area contributed by atoms with Crippen LogP contribution in [0.15, 0.2) is 42.5 Å². The molecule has 0 bridgehead atoms. The van der Waals surface area contributed by atoms with Crippen molar-refractivity contribution in [1.82, 2.24) is 9.78 Å². The van der Waals surface area contributed by atoms with Gasteiger partial charge in [-0.2, -0.15) is 5.10 Å². The van der Waals surface area contributed by atoms with Crippen LogP contribution in [0.1, 0.15) is 23.7 Å². The molecule has 3 aromatic rings. The fourth-order valence-electron chi connectivity index (χ4n) is 3.44. The first-order valence-electron chi connectivity index (χ1n) is 9.05. The first-order valence-corrected chi connectivity index (χ1v) is 9.81. The average molecular weight is 429 g/mol. The van der Waals surface area contributed by atoms with Crippen molar-refractivity contribution in [2.45, 2.75) is 26.3 Å². The number of carbonyl (C=O) groups is 2. The highest BCUT2D eigenvalue weighted by Gasteiger charge is 2.36. The van der Waals surface area contributed by atoms with Crippen molar-refractivity contribution < 1.29 is 9.59 Å². The van der Waals surface area contributed by atoms with Gasteiger partial charge in [-0.25, -0.2) is 4.68 Å². The first kappa shape index (κ1) is 19.5. The molecule has 2 aromatic carbocycles. The fourth-order valence-corrected chi connectivity index (χ4v) is 3.85. The van der Waals surface area contributed by atoms with Crippen LogP contribution in [0.4, 0.5) is 11.5 Å². The second-order valence-electron chi connectivity index (χ2n) is 7.00. The van der Waals surface area contributed by atoms with E-state index in [0.29, 0.717) is 21.6 Å². The van der Waals surface area contributed by atoms with Crippen LogP contribution in [0, 0.1) is 13.8 Å². The highest BCUT2D eigenvalue weighted by atomic mass is 35.5. The molecule has 1 aromatic heterocycles. The van der Waals surface area contributed by atoms with Gasteiger partial charge >= 0.3 is 0 Å². The van der Waals surface area contributed by atoms with Crippen LogP contribution >= 0.6 is 23.2 Å². The lowest BCUT2D eigenvalue weighted by Crippen LogP contribution is -2.24. The molecule has 4 rings (SSSR count). The van der Waals surface area contributed by atoms with Gasteiger partial charge in [0.1, 0.15) is 11.9 Å². The zero-order chi connectivity index (χ0) is 20.7. The summed E-state index contributed by atoms with van der Waals surface area (Å²) in [5.74, 6) is -0.00111. The molecule has 0 aliphatic carbocycles. The Morgan fingerprint density at radius 2 is 1.90 bits per heavy atom. The Kier molecular flexibility index (Phi) is 5.06. The molecule has 1 aliphatic heterocycles. The molecule has 0 fully saturated rings. The molecule has 2 amide bonds. The quantitative estimate of drug-likeness (QED) is 0.613. The van der Waals surface area contributed by atoms with E-state index >= 15 is 0 Å². The number of hydrogen-bond donors (Lipinski definition) is 2. The molecule has 2 heterocycles. The van der Waals surface area contributed by atoms with Crippen LogP contribution in [0.3, 0.4) is 0 Å². The molecule has 2 N–H and O–H groups in total. The lowest BCUT2D eigenvalue weighted by atomic mass is 10.1. The molecule has 0 saturated carbocycles. The predicted octanol–water partition coefficient (Wildman–Crippen LogP) is 5.00. The fraction of sp³-hybridized carbons (Fsp3) is 0.190. The summed E-state index contributed by atoms with van der Waals surface area (Å²) in [5.41, 5.74) is 3.98. The molecule has 1 atom stereocenters. The molecule has 1 aliphatic rings. The van der Waals surface area contributed by atoms with Crippen molar-refractivity contribution >= 4 is 46.5 Å². The third kappa shape index (κ3) is 3.73. The Morgan fingerprint density at radius 1 is 1.17 bits per heavy atom. The summed E-state index contributed by atoms with van der Waals surface area (Å²) in [7, 11) is 0. The normalized spacial score (nSPS) is 15.2. The van der Waals surface area contributed by atoms with E-state index in [1.807, 2.05) is 32.0 Å². The third-order valence-corrected chi connectivity index (χ3v) is 5.40. The van der Waals surface area contributed by atoms with Crippen LogP contribution in [0.2, 0.25) is 10.0 Å². The number of amides is 2. The van der Waals surface area contributed by atoms with E-state index in [0.717, 1.165) is 22.4 Å². The van der Waals surface area contributed by atoms with Gasteiger partial charge in [0.15, 0.2) is 0 Å². The minimum Gasteiger partial charge on any atom is -0.325 e. The molecule has 0 spiro atoms. The van der Waals surface area contributed by atoms with Crippen molar-refractivity contribution in [3.8, 4) is 11.1 Å². The van der Waals surface area contributed by atoms with Crippen LogP contribution in [-0.2, 0) is 9.59 Å². The molecule has 6 nitrogen and oxygen atoms in total. The monoisotopic (exact) mass is 428 g/mol. The van der Waals surface area contributed by atoms with Crippen molar-refractivity contribution in [2.24, 2.45) is 0 Å². The lowest BCUT2D eigenvalue weighted by Gasteiger charge is -2.11. The zero-order valence-corrected chi connectivity index (χ0v) is 17.3. The topological polar surface area (TPSA) is 76.0 Å². The lowest BCUT2D eigenvalue weighted by molar-refractivity contribution is -0.123. The molecular formula is C21H18Cl2N4O2. The number of hydrogen-bond acceptors (Lipinski definition) is 3. The van der Waals surface area contributed by atoms with E-state index in [9.17, 15) is 9.59 Å². The maximum Gasteiger partial charge on any atom is 0.251 e. The Bertz CT molecular complexity index is 1120. The van der Waals surface area contributed by atoms with E-state index < -0.39 is 6.04 Å². The van der Waals surface area contributed by atoms with Gasteiger partial charge in [0.25, 0.3) is 5.91 Å². The third-order valence-electron chi connectivity index (χ3n) is 4.84. The van der Waals surface area contributed by atoms with Gasteiger partial charge in [0.2, 0.25) is 5.91 Å². The summed E-state index contributed by atoms with van der Waals surface area (Å²) in [6.45, 7) is 3.78. The van der Waals surface area contributed by atoms with E-state index in [1.165, 1.54) is 0 Å². The number of fused-ring (bicyclic) bond motifs is 1. The highest BCUT2D eigenvalue weighted by molar-refractivity contribution is 6.33. The molecule has 0 saturated heterocycles. The minimum atomic E-state index is -0.728. The number of aryl methyl sites for hydroxylation is 2. The summed E-state index contributed by atoms with van der Waals surface area (Å²) < 4.78 is 1.58. The summed E-state index contributed by atoms with van der Waals surface area (Å²) in [5, 5.41) is 11.2. The molecule has 0 radical (unpaired) electrons. The Balaban J connectivity index is 1.58. The second kappa shape index (κ2) is 7.54. The number of rotatable bonds is 4. The zero-order valence-electron chi connectivity index (χ0n) is 15.8. The maximum absolute atomic E-state index is 12.6. The molecule has 148 valence electrons. The van der Waals surface area contributed by atoms with E-state index in [-0.39, 0.29) is 18.2 Å². The smallest absolute Gasteiger partial charge is 0.251 e. The van der Waals surface area contributed by atoms with Gasteiger partial charge in [-0.3, -0.25) is 9.59 Å². The van der Waals surface area contributed by atoms with Gasteiger partial charge in [-0.05, 0) is 49.2 Å². The number of benzene rings is 2. The molecule has 1 unspecified atom stereocenters.